The Hall–Kier alpha value is -2.68. The van der Waals surface area contributed by atoms with Crippen LogP contribution >= 0.6 is 11.6 Å². The van der Waals surface area contributed by atoms with E-state index in [2.05, 4.69) is 43.7 Å². The molecule has 1 amide bonds. The van der Waals surface area contributed by atoms with E-state index < -0.39 is 36.6 Å². The second kappa shape index (κ2) is 14.9. The van der Waals surface area contributed by atoms with E-state index in [1.54, 1.807) is 26.2 Å². The average Bonchev–Trinajstić information content (AvgIpc) is 3.28. The zero-order valence-electron chi connectivity index (χ0n) is 32.2. The molecule has 1 spiro atoms. The van der Waals surface area contributed by atoms with E-state index in [4.69, 9.17) is 21.1 Å². The van der Waals surface area contributed by atoms with E-state index in [-0.39, 0.29) is 46.3 Å². The summed E-state index contributed by atoms with van der Waals surface area (Å²) in [4.78, 5) is 20.8. The van der Waals surface area contributed by atoms with Crippen LogP contribution < -0.4 is 14.4 Å². The van der Waals surface area contributed by atoms with Gasteiger partial charge in [-0.3, -0.25) is 14.6 Å². The monoisotopic (exact) mass is 814 g/mol. The molecule has 4 aliphatic heterocycles. The van der Waals surface area contributed by atoms with Crippen LogP contribution in [0, 0.1) is 17.8 Å². The lowest BCUT2D eigenvalue weighted by molar-refractivity contribution is -0.0981. The molecule has 3 fully saturated rings. The van der Waals surface area contributed by atoms with Gasteiger partial charge in [-0.05, 0) is 105 Å². The fourth-order valence-electron chi connectivity index (χ4n) is 10.3. The van der Waals surface area contributed by atoms with Crippen LogP contribution in [0.1, 0.15) is 67.4 Å². The number of hydrogen-bond acceptors (Lipinski definition) is 10. The molecule has 0 unspecified atom stereocenters. The number of hydrogen-bond donors (Lipinski definition) is 1. The highest BCUT2D eigenvalue weighted by molar-refractivity contribution is 7.91. The number of benzene rings is 2. The Bertz CT molecular complexity index is 2060. The molecule has 55 heavy (non-hydrogen) atoms. The Morgan fingerprint density at radius 1 is 1.04 bits per heavy atom. The zero-order chi connectivity index (χ0) is 38.8. The van der Waals surface area contributed by atoms with E-state index in [1.807, 2.05) is 19.1 Å². The maximum atomic E-state index is 13.7. The summed E-state index contributed by atoms with van der Waals surface area (Å²) >= 11 is 6.50. The molecule has 14 heteroatoms. The molecule has 300 valence electrons. The second-order valence-electron chi connectivity index (χ2n) is 17.2. The van der Waals surface area contributed by atoms with E-state index >= 15 is 0 Å². The van der Waals surface area contributed by atoms with E-state index in [0.29, 0.717) is 51.5 Å². The minimum atomic E-state index is -4.01. The summed E-state index contributed by atoms with van der Waals surface area (Å²) in [5, 5.41) is -0.107. The maximum absolute atomic E-state index is 13.7. The highest BCUT2D eigenvalue weighted by Gasteiger charge is 2.50. The van der Waals surface area contributed by atoms with Crippen LogP contribution in [0.15, 0.2) is 48.6 Å². The standard InChI is InChI=1S/C41H55ClN4O7S2/c1-28-6-4-15-41(52-3,26-44-16-17-45-18-19-54(48,49)24-34(45)23-44)36-11-8-32(36)22-46-25-40(14-5-7-30-20-33(42)10-12-35(30)40)27-53-38-13-9-31(21-37(38)46)39(47)43-55(50,51)29(28)2/h4,9-10,12-13,15,20-21,28-29,32,34,36H,5-8,11,14,16-19,22-27H2,1-3H3,(H,43,47)/b15-4-/t28-,29+,32-,34-,36+,40-,41-/m0/s1. The number of rotatable bonds is 3. The Morgan fingerprint density at radius 3 is 2.65 bits per heavy atom. The molecule has 11 nitrogen and oxygen atoms in total. The molecule has 1 N–H and O–H groups in total. The van der Waals surface area contributed by atoms with Crippen LogP contribution in [-0.4, -0.2) is 120 Å². The van der Waals surface area contributed by atoms with Crippen LogP contribution in [0.5, 0.6) is 5.75 Å². The third-order valence-corrected chi connectivity index (χ3v) is 17.8. The summed E-state index contributed by atoms with van der Waals surface area (Å²) in [6, 6.07) is 11.4. The van der Waals surface area contributed by atoms with Crippen molar-refractivity contribution in [1.82, 2.24) is 14.5 Å². The first-order valence-corrected chi connectivity index (χ1v) is 23.7. The van der Waals surface area contributed by atoms with Gasteiger partial charge in [-0.25, -0.2) is 21.6 Å². The van der Waals surface area contributed by atoms with Crippen molar-refractivity contribution in [3.8, 4) is 5.75 Å². The predicted octanol–water partition coefficient (Wildman–Crippen LogP) is 4.68. The van der Waals surface area contributed by atoms with Crippen molar-refractivity contribution in [2.45, 2.75) is 74.7 Å². The van der Waals surface area contributed by atoms with Crippen molar-refractivity contribution in [2.24, 2.45) is 17.8 Å². The van der Waals surface area contributed by atoms with Gasteiger partial charge in [0.05, 0.1) is 29.0 Å². The molecule has 7 atom stereocenters. The fraction of sp³-hybridized carbons (Fsp3) is 0.634. The number of nitrogens with zero attached hydrogens (tertiary/aromatic N) is 3. The van der Waals surface area contributed by atoms with E-state index in [1.165, 1.54) is 11.1 Å². The number of allylic oxidation sites excluding steroid dienone is 1. The molecule has 2 bridgehead atoms. The van der Waals surface area contributed by atoms with Gasteiger partial charge in [0.15, 0.2) is 9.84 Å². The van der Waals surface area contributed by atoms with Crippen molar-refractivity contribution in [1.29, 1.82) is 0 Å². The summed E-state index contributed by atoms with van der Waals surface area (Å²) in [7, 11) is -5.30. The molecular formula is C41H55ClN4O7S2. The summed E-state index contributed by atoms with van der Waals surface area (Å²) in [5.41, 5.74) is 2.56. The van der Waals surface area contributed by atoms with Crippen molar-refractivity contribution in [2.75, 3.05) is 75.9 Å². The average molecular weight is 815 g/mol. The molecule has 8 rings (SSSR count). The fourth-order valence-corrected chi connectivity index (χ4v) is 13.4. The van der Waals surface area contributed by atoms with Crippen LogP contribution in [0.25, 0.3) is 0 Å². The number of fused-ring (bicyclic) bond motifs is 5. The first-order valence-electron chi connectivity index (χ1n) is 20.0. The molecule has 2 saturated heterocycles. The number of methoxy groups -OCH3 is 1. The molecule has 4 heterocycles. The molecule has 6 aliphatic rings. The van der Waals surface area contributed by atoms with Gasteiger partial charge in [0, 0.05) is 75.0 Å². The van der Waals surface area contributed by atoms with Crippen molar-refractivity contribution in [3.05, 3.63) is 70.3 Å². The van der Waals surface area contributed by atoms with Crippen molar-refractivity contribution in [3.63, 3.8) is 0 Å². The minimum Gasteiger partial charge on any atom is -0.490 e. The number of sulfone groups is 1. The lowest BCUT2D eigenvalue weighted by atomic mass is 9.63. The van der Waals surface area contributed by atoms with Crippen LogP contribution in [-0.2, 0) is 36.4 Å². The van der Waals surface area contributed by atoms with Gasteiger partial charge in [-0.1, -0.05) is 36.7 Å². The van der Waals surface area contributed by atoms with Crippen molar-refractivity contribution >= 4 is 43.1 Å². The summed E-state index contributed by atoms with van der Waals surface area (Å²) in [5.74, 6) is 0.555. The van der Waals surface area contributed by atoms with E-state index in [9.17, 15) is 21.6 Å². The summed E-state index contributed by atoms with van der Waals surface area (Å²) in [6.45, 7) is 8.90. The van der Waals surface area contributed by atoms with Gasteiger partial charge < -0.3 is 14.4 Å². The normalized spacial score (nSPS) is 35.5. The maximum Gasteiger partial charge on any atom is 0.264 e. The molecule has 1 saturated carbocycles. The van der Waals surface area contributed by atoms with E-state index in [0.717, 1.165) is 55.9 Å². The van der Waals surface area contributed by atoms with Crippen LogP contribution in [0.3, 0.4) is 0 Å². The first-order chi connectivity index (χ1) is 26.2. The summed E-state index contributed by atoms with van der Waals surface area (Å²) < 4.78 is 68.3. The second-order valence-corrected chi connectivity index (χ2v) is 21.9. The highest BCUT2D eigenvalue weighted by atomic mass is 35.5. The number of amides is 1. The minimum absolute atomic E-state index is 0.0395. The van der Waals surface area contributed by atoms with Gasteiger partial charge in [0.25, 0.3) is 5.91 Å². The smallest absolute Gasteiger partial charge is 0.264 e. The number of nitrogens with one attached hydrogen (secondary N) is 1. The van der Waals surface area contributed by atoms with Gasteiger partial charge >= 0.3 is 0 Å². The Labute approximate surface area is 331 Å². The van der Waals surface area contributed by atoms with Gasteiger partial charge in [0.2, 0.25) is 10.0 Å². The third-order valence-electron chi connectivity index (χ3n) is 13.9. The molecule has 2 aromatic carbocycles. The van der Waals surface area contributed by atoms with Gasteiger partial charge in [0.1, 0.15) is 11.4 Å². The number of sulfonamides is 1. The number of carbonyl (C=O) groups is 1. The highest BCUT2D eigenvalue weighted by Crippen LogP contribution is 2.49. The summed E-state index contributed by atoms with van der Waals surface area (Å²) in [6.07, 6.45) is 9.61. The lowest BCUT2D eigenvalue weighted by Gasteiger charge is -2.53. The van der Waals surface area contributed by atoms with Crippen molar-refractivity contribution < 1.29 is 31.1 Å². The number of carbonyl (C=O) groups excluding carboxylic acids is 1. The van der Waals surface area contributed by atoms with Gasteiger partial charge in [-0.2, -0.15) is 0 Å². The Morgan fingerprint density at radius 2 is 1.87 bits per heavy atom. The molecule has 2 aromatic rings. The molecule has 0 radical (unpaired) electrons. The largest absolute Gasteiger partial charge is 0.490 e. The third kappa shape index (κ3) is 7.58. The van der Waals surface area contributed by atoms with Crippen LogP contribution in [0.4, 0.5) is 5.69 Å². The number of piperazine rings is 1. The molecule has 2 aliphatic carbocycles. The molecular weight excluding hydrogens is 760 g/mol. The number of aryl methyl sites for hydroxylation is 1. The van der Waals surface area contributed by atoms with Crippen LogP contribution in [0.2, 0.25) is 5.02 Å². The Balaban J connectivity index is 1.18. The zero-order valence-corrected chi connectivity index (χ0v) is 34.6. The van der Waals surface area contributed by atoms with Gasteiger partial charge in [-0.15, -0.1) is 0 Å². The quantitative estimate of drug-likeness (QED) is 0.437. The first kappa shape index (κ1) is 39.2. The number of halogens is 1. The Kier molecular flexibility index (Phi) is 10.6. The topological polar surface area (TPSA) is 126 Å². The number of anilines is 1. The number of ether oxygens (including phenoxy) is 2. The SMILES string of the molecule is CO[C@]1(CN2CCN3CCS(=O)(=O)C[C@@H]3C2)/C=C\C[C@H](C)[C@@H](C)S(=O)(=O)NC(=O)c2ccc3c(c2)N(C[C@@H]2CC[C@H]21)C[C@@]1(CCCc2cc(Cl)ccc21)CO3. The lowest BCUT2D eigenvalue weighted by Crippen LogP contribution is -2.63. The molecule has 0 aromatic heterocycles. The predicted molar refractivity (Wildman–Crippen MR) is 215 cm³/mol.